The standard InChI is InChI=1S/C20H40O6/c1-18(17-20(2,3)4)8-10-26-19(21)7-6-9-23-13-14-25-16-15-24-12-11-22-5/h18H,6-17H2,1-5H3. The van der Waals surface area contributed by atoms with E-state index in [2.05, 4.69) is 27.7 Å². The smallest absolute Gasteiger partial charge is 0.305 e. The SMILES string of the molecule is COCCOCCOCCOCCCC(=O)OCCC(C)CC(C)(C)C. The van der Waals surface area contributed by atoms with Crippen LogP contribution in [0.2, 0.25) is 0 Å². The van der Waals surface area contributed by atoms with Crippen LogP contribution in [0.25, 0.3) is 0 Å². The second kappa shape index (κ2) is 16.5. The van der Waals surface area contributed by atoms with Crippen LogP contribution in [0.15, 0.2) is 0 Å². The molecular weight excluding hydrogens is 336 g/mol. The molecule has 0 spiro atoms. The average Bonchev–Trinajstić information content (AvgIpc) is 2.54. The number of rotatable bonds is 17. The summed E-state index contributed by atoms with van der Waals surface area (Å²) in [4.78, 5) is 11.7. The Balaban J connectivity index is 3.31. The molecule has 6 nitrogen and oxygen atoms in total. The van der Waals surface area contributed by atoms with Gasteiger partial charge in [-0.05, 0) is 30.6 Å². The monoisotopic (exact) mass is 376 g/mol. The largest absolute Gasteiger partial charge is 0.466 e. The molecule has 0 aliphatic heterocycles. The number of hydrogen-bond acceptors (Lipinski definition) is 6. The first-order valence-corrected chi connectivity index (χ1v) is 9.73. The predicted molar refractivity (Wildman–Crippen MR) is 102 cm³/mol. The summed E-state index contributed by atoms with van der Waals surface area (Å²) in [6.45, 7) is 13.3. The Morgan fingerprint density at radius 1 is 0.846 bits per heavy atom. The van der Waals surface area contributed by atoms with Crippen LogP contribution in [0.5, 0.6) is 0 Å². The lowest BCUT2D eigenvalue weighted by atomic mass is 9.84. The molecular formula is C20H40O6. The number of hydrogen-bond donors (Lipinski definition) is 0. The predicted octanol–water partition coefficient (Wildman–Crippen LogP) is 3.47. The topological polar surface area (TPSA) is 63.2 Å². The number of carbonyl (C=O) groups excluding carboxylic acids is 1. The fourth-order valence-corrected chi connectivity index (χ4v) is 2.60. The summed E-state index contributed by atoms with van der Waals surface area (Å²) in [7, 11) is 1.64. The number of carbonyl (C=O) groups is 1. The van der Waals surface area contributed by atoms with Gasteiger partial charge in [0.15, 0.2) is 0 Å². The van der Waals surface area contributed by atoms with Gasteiger partial charge in [-0.2, -0.15) is 0 Å². The van der Waals surface area contributed by atoms with Gasteiger partial charge in [-0.15, -0.1) is 0 Å². The number of ether oxygens (including phenoxy) is 5. The molecule has 0 bridgehead atoms. The summed E-state index contributed by atoms with van der Waals surface area (Å²) in [6, 6.07) is 0. The van der Waals surface area contributed by atoms with Crippen molar-refractivity contribution in [2.24, 2.45) is 11.3 Å². The van der Waals surface area contributed by atoms with E-state index in [0.29, 0.717) is 77.0 Å². The maximum absolute atomic E-state index is 11.7. The molecule has 26 heavy (non-hydrogen) atoms. The van der Waals surface area contributed by atoms with E-state index in [1.54, 1.807) is 7.11 Å². The molecule has 6 heteroatoms. The Morgan fingerprint density at radius 2 is 1.38 bits per heavy atom. The number of esters is 1. The first-order chi connectivity index (χ1) is 12.3. The molecule has 0 saturated heterocycles. The van der Waals surface area contributed by atoms with Crippen LogP contribution in [0, 0.1) is 11.3 Å². The van der Waals surface area contributed by atoms with Crippen molar-refractivity contribution in [1.29, 1.82) is 0 Å². The lowest BCUT2D eigenvalue weighted by Gasteiger charge is -2.22. The highest BCUT2D eigenvalue weighted by molar-refractivity contribution is 5.69. The van der Waals surface area contributed by atoms with Crippen LogP contribution in [-0.4, -0.2) is 65.9 Å². The zero-order valence-electron chi connectivity index (χ0n) is 17.5. The second-order valence-corrected chi connectivity index (χ2v) is 7.81. The Labute approximate surface area is 159 Å². The molecule has 0 aliphatic carbocycles. The molecule has 1 unspecified atom stereocenters. The van der Waals surface area contributed by atoms with E-state index in [4.69, 9.17) is 23.7 Å². The number of methoxy groups -OCH3 is 1. The highest BCUT2D eigenvalue weighted by Gasteiger charge is 2.15. The minimum Gasteiger partial charge on any atom is -0.466 e. The highest BCUT2D eigenvalue weighted by atomic mass is 16.6. The molecule has 1 atom stereocenters. The maximum Gasteiger partial charge on any atom is 0.305 e. The molecule has 0 saturated carbocycles. The molecule has 0 heterocycles. The molecule has 0 radical (unpaired) electrons. The molecule has 0 aromatic rings. The third kappa shape index (κ3) is 19.6. The van der Waals surface area contributed by atoms with Crippen LogP contribution in [0.3, 0.4) is 0 Å². The minimum absolute atomic E-state index is 0.138. The van der Waals surface area contributed by atoms with E-state index >= 15 is 0 Å². The Kier molecular flexibility index (Phi) is 16.0. The van der Waals surface area contributed by atoms with E-state index in [0.717, 1.165) is 12.8 Å². The van der Waals surface area contributed by atoms with E-state index < -0.39 is 0 Å². The zero-order chi connectivity index (χ0) is 19.7. The molecule has 0 aliphatic rings. The van der Waals surface area contributed by atoms with Crippen LogP contribution < -0.4 is 0 Å². The summed E-state index contributed by atoms with van der Waals surface area (Å²) in [5, 5.41) is 0. The summed E-state index contributed by atoms with van der Waals surface area (Å²) in [5.74, 6) is 0.428. The third-order valence-electron chi connectivity index (χ3n) is 3.68. The van der Waals surface area contributed by atoms with Gasteiger partial charge in [0, 0.05) is 20.1 Å². The maximum atomic E-state index is 11.7. The summed E-state index contributed by atoms with van der Waals surface area (Å²) in [6.07, 6.45) is 3.14. The highest BCUT2D eigenvalue weighted by Crippen LogP contribution is 2.25. The normalized spacial score (nSPS) is 13.0. The van der Waals surface area contributed by atoms with Crippen molar-refractivity contribution in [1.82, 2.24) is 0 Å². The zero-order valence-corrected chi connectivity index (χ0v) is 17.5. The van der Waals surface area contributed by atoms with Gasteiger partial charge in [-0.3, -0.25) is 4.79 Å². The molecule has 0 amide bonds. The van der Waals surface area contributed by atoms with Gasteiger partial charge in [0.2, 0.25) is 0 Å². The van der Waals surface area contributed by atoms with Gasteiger partial charge >= 0.3 is 5.97 Å². The lowest BCUT2D eigenvalue weighted by Crippen LogP contribution is -2.14. The van der Waals surface area contributed by atoms with Gasteiger partial charge in [-0.25, -0.2) is 0 Å². The molecule has 0 aromatic heterocycles. The van der Waals surface area contributed by atoms with Crippen LogP contribution >= 0.6 is 0 Å². The quantitative estimate of drug-likeness (QED) is 0.286. The van der Waals surface area contributed by atoms with Gasteiger partial charge in [0.1, 0.15) is 0 Å². The van der Waals surface area contributed by atoms with Crippen molar-refractivity contribution in [3.63, 3.8) is 0 Å². The van der Waals surface area contributed by atoms with Crippen molar-refractivity contribution in [2.75, 3.05) is 60.0 Å². The first-order valence-electron chi connectivity index (χ1n) is 9.73. The fraction of sp³-hybridized carbons (Fsp3) is 0.950. The summed E-state index contributed by atoms with van der Waals surface area (Å²) in [5.41, 5.74) is 0.321. The van der Waals surface area contributed by atoms with E-state index in [1.165, 1.54) is 0 Å². The molecule has 0 rings (SSSR count). The third-order valence-corrected chi connectivity index (χ3v) is 3.68. The molecule has 0 fully saturated rings. The van der Waals surface area contributed by atoms with Crippen molar-refractivity contribution in [2.45, 2.75) is 53.4 Å². The van der Waals surface area contributed by atoms with Crippen LogP contribution in [-0.2, 0) is 28.5 Å². The van der Waals surface area contributed by atoms with E-state index in [9.17, 15) is 4.79 Å². The van der Waals surface area contributed by atoms with Gasteiger partial charge < -0.3 is 23.7 Å². The van der Waals surface area contributed by atoms with Gasteiger partial charge in [-0.1, -0.05) is 27.7 Å². The van der Waals surface area contributed by atoms with Crippen LogP contribution in [0.4, 0.5) is 0 Å². The van der Waals surface area contributed by atoms with Gasteiger partial charge in [0.25, 0.3) is 0 Å². The Morgan fingerprint density at radius 3 is 1.92 bits per heavy atom. The van der Waals surface area contributed by atoms with Crippen molar-refractivity contribution < 1.29 is 28.5 Å². The molecule has 156 valence electrons. The summed E-state index contributed by atoms with van der Waals surface area (Å²) < 4.78 is 26.2. The second-order valence-electron chi connectivity index (χ2n) is 7.81. The summed E-state index contributed by atoms with van der Waals surface area (Å²) >= 11 is 0. The lowest BCUT2D eigenvalue weighted by molar-refractivity contribution is -0.144. The van der Waals surface area contributed by atoms with Crippen molar-refractivity contribution in [3.05, 3.63) is 0 Å². The van der Waals surface area contributed by atoms with E-state index in [-0.39, 0.29) is 5.97 Å². The molecule has 0 N–H and O–H groups in total. The van der Waals surface area contributed by atoms with Crippen molar-refractivity contribution >= 4 is 5.97 Å². The average molecular weight is 377 g/mol. The first kappa shape index (κ1) is 25.3. The van der Waals surface area contributed by atoms with E-state index in [1.807, 2.05) is 0 Å². The minimum atomic E-state index is -0.138. The van der Waals surface area contributed by atoms with Crippen LogP contribution in [0.1, 0.15) is 53.4 Å². The Hall–Kier alpha value is -0.690. The fourth-order valence-electron chi connectivity index (χ4n) is 2.60. The van der Waals surface area contributed by atoms with Crippen molar-refractivity contribution in [3.8, 4) is 0 Å². The van der Waals surface area contributed by atoms with Gasteiger partial charge in [0.05, 0.1) is 46.2 Å². The Bertz CT molecular complexity index is 327. The molecule has 0 aromatic carbocycles.